The van der Waals surface area contributed by atoms with E-state index in [0.717, 1.165) is 57.8 Å². The number of hydrogen-bond donors (Lipinski definition) is 9. The Morgan fingerprint density at radius 2 is 1.02 bits per heavy atom. The van der Waals surface area contributed by atoms with Crippen LogP contribution in [0.4, 0.5) is 0 Å². The first-order valence-electron chi connectivity index (χ1n) is 24.6. The maximum atomic E-state index is 13.1. The van der Waals surface area contributed by atoms with Gasteiger partial charge in [0.25, 0.3) is 0 Å². The maximum absolute atomic E-state index is 13.1. The average molecular weight is 888 g/mol. The number of hydrogen-bond acceptors (Lipinski definition) is 13. The summed E-state index contributed by atoms with van der Waals surface area (Å²) in [6.45, 7) is 2.76. The minimum atomic E-state index is -1.79. The van der Waals surface area contributed by atoms with Crippen LogP contribution in [0.5, 0.6) is 0 Å². The van der Waals surface area contributed by atoms with E-state index in [4.69, 9.17) is 18.9 Å². The summed E-state index contributed by atoms with van der Waals surface area (Å²) in [6, 6.07) is -0.914. The topological polar surface area (TPSA) is 228 Å². The standard InChI is InChI=1S/C48H89NO13/c1-3-5-7-9-11-13-15-17-18-20-22-24-26-28-30-32-40(53)49-36(37(52)31-29-27-25-23-21-19-16-14-12-10-8-6-4-2)35-59-47-45(58)43(56)46(39(34-51)61-47)62-48-44(57)42(55)41(54)38(33-50)60-48/h17-18,29,31,36-39,41-48,50-52,54-58H,3-16,19-28,30,32-35H2,1-2H3,(H,49,53)/b18-17-,31-29+/t36-,37+,38+,39+,41-,42?,43?,44?,45?,46+,47+,48-/m0/s1. The van der Waals surface area contributed by atoms with Crippen molar-refractivity contribution in [3.8, 4) is 0 Å². The van der Waals surface area contributed by atoms with Crippen LogP contribution in [-0.2, 0) is 23.7 Å². The number of aliphatic hydroxyl groups excluding tert-OH is 8. The molecule has 0 radical (unpaired) electrons. The van der Waals surface area contributed by atoms with E-state index in [1.165, 1.54) is 96.3 Å². The van der Waals surface area contributed by atoms with Gasteiger partial charge in [-0.05, 0) is 44.9 Å². The molecule has 0 aromatic carbocycles. The predicted octanol–water partition coefficient (Wildman–Crippen LogP) is 5.77. The Hall–Kier alpha value is -1.53. The van der Waals surface area contributed by atoms with Gasteiger partial charge >= 0.3 is 0 Å². The lowest BCUT2D eigenvalue weighted by Crippen LogP contribution is -2.65. The fourth-order valence-corrected chi connectivity index (χ4v) is 8.05. The molecule has 62 heavy (non-hydrogen) atoms. The quantitative estimate of drug-likeness (QED) is 0.0267. The van der Waals surface area contributed by atoms with Crippen molar-refractivity contribution < 1.29 is 64.6 Å². The summed E-state index contributed by atoms with van der Waals surface area (Å²) >= 11 is 0. The molecule has 2 aliphatic heterocycles. The molecule has 9 N–H and O–H groups in total. The van der Waals surface area contributed by atoms with E-state index in [0.29, 0.717) is 6.42 Å². The second kappa shape index (κ2) is 35.7. The molecule has 14 nitrogen and oxygen atoms in total. The highest BCUT2D eigenvalue weighted by atomic mass is 16.7. The zero-order valence-electron chi connectivity index (χ0n) is 38.4. The number of carbonyl (C=O) groups is 1. The van der Waals surface area contributed by atoms with Gasteiger partial charge in [-0.1, -0.05) is 154 Å². The largest absolute Gasteiger partial charge is 0.394 e. The fraction of sp³-hybridized carbons (Fsp3) is 0.896. The number of carbonyl (C=O) groups excluding carboxylic acids is 1. The molecule has 0 aromatic heterocycles. The Balaban J connectivity index is 1.88. The molecule has 2 rings (SSSR count). The molecule has 0 spiro atoms. The second-order valence-electron chi connectivity index (χ2n) is 17.6. The van der Waals surface area contributed by atoms with Crippen LogP contribution in [0.2, 0.25) is 0 Å². The van der Waals surface area contributed by atoms with Crippen molar-refractivity contribution in [3.05, 3.63) is 24.3 Å². The van der Waals surface area contributed by atoms with Gasteiger partial charge in [-0.25, -0.2) is 0 Å². The lowest BCUT2D eigenvalue weighted by molar-refractivity contribution is -0.359. The van der Waals surface area contributed by atoms with Crippen molar-refractivity contribution in [1.82, 2.24) is 5.32 Å². The summed E-state index contributed by atoms with van der Waals surface area (Å²) in [7, 11) is 0. The van der Waals surface area contributed by atoms with Gasteiger partial charge in [0, 0.05) is 6.42 Å². The van der Waals surface area contributed by atoms with Gasteiger partial charge in [0.05, 0.1) is 32.0 Å². The number of ether oxygens (including phenoxy) is 4. The third-order valence-corrected chi connectivity index (χ3v) is 12.1. The number of unbranched alkanes of at least 4 members (excludes halogenated alkanes) is 22. The lowest BCUT2D eigenvalue weighted by atomic mass is 9.97. The molecule has 1 amide bonds. The molecular weight excluding hydrogens is 799 g/mol. The number of nitrogens with one attached hydrogen (secondary N) is 1. The number of aliphatic hydroxyl groups is 8. The SMILES string of the molecule is CCCCCCCC/C=C\CCCCCCCC(=O)N[C@@H](CO[C@@H]1O[C@H](CO)[C@@H](O[C@@H]2O[C@H](CO)[C@H](O)C(O)C2O)C(O)C1O)[C@H](O)/C=C/CCCCCCCCCCCCC. The molecule has 364 valence electrons. The number of amides is 1. The molecule has 2 fully saturated rings. The first-order chi connectivity index (χ1) is 30.1. The van der Waals surface area contributed by atoms with E-state index in [-0.39, 0.29) is 18.9 Å². The van der Waals surface area contributed by atoms with Crippen LogP contribution in [0.15, 0.2) is 24.3 Å². The van der Waals surface area contributed by atoms with E-state index < -0.39 is 86.8 Å². The van der Waals surface area contributed by atoms with Crippen molar-refractivity contribution in [2.45, 2.75) is 254 Å². The van der Waals surface area contributed by atoms with Crippen molar-refractivity contribution >= 4 is 5.91 Å². The summed E-state index contributed by atoms with van der Waals surface area (Å²) in [6.07, 6.45) is 20.7. The first kappa shape index (κ1) is 56.6. The molecule has 0 aliphatic carbocycles. The summed E-state index contributed by atoms with van der Waals surface area (Å²) in [4.78, 5) is 13.1. The van der Waals surface area contributed by atoms with Crippen LogP contribution in [0.1, 0.15) is 181 Å². The highest BCUT2D eigenvalue weighted by Gasteiger charge is 2.51. The van der Waals surface area contributed by atoms with E-state index in [1.54, 1.807) is 6.08 Å². The molecule has 4 unspecified atom stereocenters. The summed E-state index contributed by atoms with van der Waals surface area (Å²) < 4.78 is 22.6. The van der Waals surface area contributed by atoms with Gasteiger partial charge in [0.15, 0.2) is 12.6 Å². The first-order valence-corrected chi connectivity index (χ1v) is 24.6. The van der Waals surface area contributed by atoms with Crippen LogP contribution in [-0.4, -0.2) is 140 Å². The molecule has 14 heteroatoms. The molecule has 12 atom stereocenters. The third-order valence-electron chi connectivity index (χ3n) is 12.1. The van der Waals surface area contributed by atoms with Gasteiger partial charge in [0.2, 0.25) is 5.91 Å². The molecule has 2 heterocycles. The number of allylic oxidation sites excluding steroid dienone is 3. The minimum absolute atomic E-state index is 0.250. The van der Waals surface area contributed by atoms with E-state index >= 15 is 0 Å². The molecule has 0 aromatic rings. The number of rotatable bonds is 37. The summed E-state index contributed by atoms with van der Waals surface area (Å²) in [5, 5.41) is 86.6. The van der Waals surface area contributed by atoms with Gasteiger partial charge in [-0.3, -0.25) is 4.79 Å². The third kappa shape index (κ3) is 23.1. The van der Waals surface area contributed by atoms with Crippen molar-refractivity contribution in [1.29, 1.82) is 0 Å². The Morgan fingerprint density at radius 3 is 1.53 bits per heavy atom. The second-order valence-corrected chi connectivity index (χ2v) is 17.6. The average Bonchev–Trinajstić information content (AvgIpc) is 3.27. The van der Waals surface area contributed by atoms with E-state index in [2.05, 4.69) is 31.3 Å². The van der Waals surface area contributed by atoms with Crippen LogP contribution in [0.3, 0.4) is 0 Å². The predicted molar refractivity (Wildman–Crippen MR) is 240 cm³/mol. The zero-order chi connectivity index (χ0) is 45.4. The van der Waals surface area contributed by atoms with Gasteiger partial charge in [-0.15, -0.1) is 0 Å². The smallest absolute Gasteiger partial charge is 0.220 e. The Kier molecular flexibility index (Phi) is 32.6. The van der Waals surface area contributed by atoms with Crippen molar-refractivity contribution in [2.75, 3.05) is 19.8 Å². The van der Waals surface area contributed by atoms with E-state index in [1.807, 2.05) is 6.08 Å². The van der Waals surface area contributed by atoms with Crippen LogP contribution >= 0.6 is 0 Å². The Morgan fingerprint density at radius 1 is 0.565 bits per heavy atom. The zero-order valence-corrected chi connectivity index (χ0v) is 38.4. The molecule has 0 bridgehead atoms. The van der Waals surface area contributed by atoms with Gasteiger partial charge < -0.3 is 65.1 Å². The molecule has 2 aliphatic rings. The van der Waals surface area contributed by atoms with Crippen molar-refractivity contribution in [3.63, 3.8) is 0 Å². The summed E-state index contributed by atoms with van der Waals surface area (Å²) in [5.41, 5.74) is 0. The molecule has 0 saturated carbocycles. The Bertz CT molecular complexity index is 1140. The highest BCUT2D eigenvalue weighted by Crippen LogP contribution is 2.30. The van der Waals surface area contributed by atoms with Crippen LogP contribution < -0.4 is 5.32 Å². The minimum Gasteiger partial charge on any atom is -0.394 e. The Labute approximate surface area is 373 Å². The maximum Gasteiger partial charge on any atom is 0.220 e. The molecular formula is C48H89NO13. The van der Waals surface area contributed by atoms with Gasteiger partial charge in [-0.2, -0.15) is 0 Å². The summed E-state index contributed by atoms with van der Waals surface area (Å²) in [5.74, 6) is -0.250. The fourth-order valence-electron chi connectivity index (χ4n) is 8.05. The highest BCUT2D eigenvalue weighted by molar-refractivity contribution is 5.76. The van der Waals surface area contributed by atoms with Gasteiger partial charge in [0.1, 0.15) is 48.8 Å². The normalized spacial score (nSPS) is 27.9. The van der Waals surface area contributed by atoms with E-state index in [9.17, 15) is 45.6 Å². The van der Waals surface area contributed by atoms with Crippen LogP contribution in [0.25, 0.3) is 0 Å². The van der Waals surface area contributed by atoms with Crippen molar-refractivity contribution in [2.24, 2.45) is 0 Å². The monoisotopic (exact) mass is 888 g/mol. The van der Waals surface area contributed by atoms with Crippen LogP contribution in [0, 0.1) is 0 Å². The molecule has 2 saturated heterocycles. The lowest BCUT2D eigenvalue weighted by Gasteiger charge is -2.46.